The molecule has 44 heavy (non-hydrogen) atoms. The van der Waals surface area contributed by atoms with Crippen molar-refractivity contribution in [2.24, 2.45) is 0 Å². The minimum Gasteiger partial charge on any atom is -0.387 e. The van der Waals surface area contributed by atoms with E-state index in [0.717, 1.165) is 0 Å². The average molecular weight is 693 g/mol. The van der Waals surface area contributed by atoms with Crippen LogP contribution >= 0.6 is 38.1 Å². The number of rotatable bonds is 2. The fraction of sp³-hybridized carbons (Fsp3) is 0.500. The number of imidazole rings is 2. The molecular weight excluding hydrogens is 669 g/mol. The van der Waals surface area contributed by atoms with Crippen LogP contribution < -0.4 is 11.5 Å². The molecule has 1 unspecified atom stereocenters. The number of fused-ring (bicyclic) bond motifs is 5. The van der Waals surface area contributed by atoms with Gasteiger partial charge in [0, 0.05) is 0 Å². The Morgan fingerprint density at radius 2 is 1.30 bits per heavy atom. The van der Waals surface area contributed by atoms with Gasteiger partial charge in [0.25, 0.3) is 0 Å². The van der Waals surface area contributed by atoms with Gasteiger partial charge in [-0.15, -0.1) is 0 Å². The predicted molar refractivity (Wildman–Crippen MR) is 153 cm³/mol. The summed E-state index contributed by atoms with van der Waals surface area (Å²) in [6, 6.07) is 0. The minimum atomic E-state index is -4.36. The van der Waals surface area contributed by atoms with Crippen LogP contribution in [0.2, 0.25) is 0 Å². The van der Waals surface area contributed by atoms with Crippen molar-refractivity contribution in [1.82, 2.24) is 39.0 Å². The molecule has 19 nitrogen and oxygen atoms in total. The second-order valence-electron chi connectivity index (χ2n) is 9.90. The van der Waals surface area contributed by atoms with Gasteiger partial charge in [0.15, 0.2) is 41.6 Å². The first-order chi connectivity index (χ1) is 20.9. The van der Waals surface area contributed by atoms with Gasteiger partial charge in [-0.1, -0.05) is 24.5 Å². The molecule has 3 fully saturated rings. The number of anilines is 2. The van der Waals surface area contributed by atoms with Crippen molar-refractivity contribution < 1.29 is 46.2 Å². The van der Waals surface area contributed by atoms with Crippen LogP contribution in [0.3, 0.4) is 0 Å². The standard InChI is InChI=1S/C20H23FN10O9P2S2/c21-9-13-8(38-19(9)30-5-28-10-15(22)24-3-26-17(10)30)2-36-42(34,44)40-14-12(32)7(1-35-41(33,43)39-13)37-20(14)31-6-29-11-16(23)25-4-27-18(11)31/h3-9,12-14,19-20,32H,1-2H2,(H,33,43)(H,34,44)(H2,22,24,26)(H2,23,25,27)/t7-,8?,9-,12-,13-,14-,19-,20-,41-,42-/m1/s1. The van der Waals surface area contributed by atoms with Crippen LogP contribution in [-0.4, -0.2) is 94.0 Å². The molecule has 5 N–H and O–H groups in total. The summed E-state index contributed by atoms with van der Waals surface area (Å²) >= 11 is 8.08. The zero-order valence-corrected chi connectivity index (χ0v) is 25.5. The zero-order chi connectivity index (χ0) is 31.0. The number of aliphatic hydroxyl groups excluding tert-OH is 1. The van der Waals surface area contributed by atoms with Crippen LogP contribution in [0.4, 0.5) is 16.0 Å². The molecule has 0 amide bonds. The van der Waals surface area contributed by atoms with E-state index in [1.807, 2.05) is 0 Å². The fourth-order valence-corrected chi connectivity index (χ4v) is 8.13. The van der Waals surface area contributed by atoms with Gasteiger partial charge in [0.2, 0.25) is 0 Å². The number of aliphatic hydroxyl groups is 1. The van der Waals surface area contributed by atoms with Gasteiger partial charge in [-0.3, -0.25) is 27.2 Å². The predicted octanol–water partition coefficient (Wildman–Crippen LogP) is 1.22. The van der Waals surface area contributed by atoms with Gasteiger partial charge in [0.1, 0.15) is 54.2 Å². The van der Waals surface area contributed by atoms with E-state index in [1.54, 1.807) is 0 Å². The third kappa shape index (κ3) is 5.26. The van der Waals surface area contributed by atoms with E-state index in [2.05, 4.69) is 54.4 Å². The lowest BCUT2D eigenvalue weighted by Crippen LogP contribution is -2.35. The summed E-state index contributed by atoms with van der Waals surface area (Å²) in [5.74, 6) is 0.140. The molecule has 4 aromatic heterocycles. The molecule has 3 aliphatic heterocycles. The van der Waals surface area contributed by atoms with E-state index >= 15 is 4.39 Å². The lowest BCUT2D eigenvalue weighted by molar-refractivity contribution is -0.0568. The van der Waals surface area contributed by atoms with E-state index in [-0.39, 0.29) is 34.0 Å². The van der Waals surface area contributed by atoms with Crippen molar-refractivity contribution in [3.05, 3.63) is 25.3 Å². The molecule has 3 saturated heterocycles. The first-order valence-corrected chi connectivity index (χ1v) is 18.1. The SMILES string of the molecule is Nc1ncnc2c1ncn2[C@@H]1OC2CO[P@@](=O)(S)O[C@@H]3[C@H](O)[C@@H](CO[P@@](=O)(S)O[C@H]2[C@H]1F)O[C@H]3n1cnc2c(N)ncnc21. The molecule has 7 heterocycles. The monoisotopic (exact) mass is 692 g/mol. The summed E-state index contributed by atoms with van der Waals surface area (Å²) in [6.45, 7) is -9.91. The molecule has 236 valence electrons. The van der Waals surface area contributed by atoms with Crippen molar-refractivity contribution in [3.63, 3.8) is 0 Å². The van der Waals surface area contributed by atoms with Crippen LogP contribution in [0, 0.1) is 0 Å². The number of alkyl halides is 1. The Balaban J connectivity index is 1.20. The van der Waals surface area contributed by atoms with Crippen molar-refractivity contribution in [2.75, 3.05) is 24.7 Å². The highest BCUT2D eigenvalue weighted by Gasteiger charge is 2.54. The van der Waals surface area contributed by atoms with Crippen molar-refractivity contribution in [1.29, 1.82) is 0 Å². The Morgan fingerprint density at radius 1 is 0.795 bits per heavy atom. The maximum Gasteiger partial charge on any atom is 0.386 e. The smallest absolute Gasteiger partial charge is 0.386 e. The maximum atomic E-state index is 16.0. The summed E-state index contributed by atoms with van der Waals surface area (Å²) < 4.78 is 79.4. The normalized spacial score (nSPS) is 38.3. The second-order valence-corrected chi connectivity index (χ2v) is 15.7. The second kappa shape index (κ2) is 11.1. The highest BCUT2D eigenvalue weighted by atomic mass is 32.7. The number of hydrogen-bond acceptors (Lipinski definition) is 17. The molecular formula is C20H23FN10O9P2S2. The third-order valence-electron chi connectivity index (χ3n) is 7.22. The lowest BCUT2D eigenvalue weighted by Gasteiger charge is -2.26. The largest absolute Gasteiger partial charge is 0.387 e. The van der Waals surface area contributed by atoms with Crippen molar-refractivity contribution in [3.8, 4) is 0 Å². The molecule has 2 bridgehead atoms. The van der Waals surface area contributed by atoms with Crippen LogP contribution in [0.15, 0.2) is 25.3 Å². The number of ether oxygens (including phenoxy) is 2. The average Bonchev–Trinajstić information content (AvgIpc) is 3.73. The summed E-state index contributed by atoms with van der Waals surface area (Å²) in [4.78, 5) is 24.3. The first kappa shape index (κ1) is 30.2. The molecule has 0 spiro atoms. The molecule has 24 heteroatoms. The number of nitrogens with zero attached hydrogens (tertiary/aromatic N) is 8. The minimum absolute atomic E-state index is 0.0580. The molecule has 10 atom stereocenters. The van der Waals surface area contributed by atoms with E-state index in [1.165, 1.54) is 34.4 Å². The van der Waals surface area contributed by atoms with Gasteiger partial charge in [0.05, 0.1) is 25.9 Å². The van der Waals surface area contributed by atoms with Crippen LogP contribution in [0.25, 0.3) is 22.3 Å². The molecule has 3 aliphatic rings. The number of thiol groups is 2. The molecule has 0 saturated carbocycles. The van der Waals surface area contributed by atoms with E-state index in [0.29, 0.717) is 0 Å². The summed E-state index contributed by atoms with van der Waals surface area (Å²) in [7, 11) is 0. The highest BCUT2D eigenvalue weighted by Crippen LogP contribution is 2.60. The first-order valence-electron chi connectivity index (χ1n) is 12.7. The Bertz CT molecular complexity index is 1840. The summed E-state index contributed by atoms with van der Waals surface area (Å²) in [5, 5.41) is 11.1. The number of hydrogen-bond donors (Lipinski definition) is 5. The Labute approximate surface area is 256 Å². The van der Waals surface area contributed by atoms with E-state index in [9.17, 15) is 14.2 Å². The molecule has 0 aromatic carbocycles. The third-order valence-corrected chi connectivity index (χ3v) is 10.4. The molecule has 0 aliphatic carbocycles. The zero-order valence-electron chi connectivity index (χ0n) is 22.0. The van der Waals surface area contributed by atoms with Crippen LogP contribution in [0.1, 0.15) is 12.5 Å². The van der Waals surface area contributed by atoms with E-state index in [4.69, 9.17) is 39.0 Å². The number of nitrogen functional groups attached to an aromatic ring is 2. The maximum absolute atomic E-state index is 16.0. The Hall–Kier alpha value is -2.49. The molecule has 0 radical (unpaired) electrons. The van der Waals surface area contributed by atoms with Crippen molar-refractivity contribution >= 4 is 72.1 Å². The number of nitrogens with two attached hydrogens (primary N) is 2. The number of aromatic nitrogens is 8. The summed E-state index contributed by atoms with van der Waals surface area (Å²) in [5.41, 5.74) is 12.5. The van der Waals surface area contributed by atoms with Gasteiger partial charge >= 0.3 is 13.6 Å². The van der Waals surface area contributed by atoms with Gasteiger partial charge in [-0.25, -0.2) is 43.4 Å². The fourth-order valence-electron chi connectivity index (χ4n) is 5.19. The quantitative estimate of drug-likeness (QED) is 0.146. The number of halogens is 1. The Morgan fingerprint density at radius 3 is 1.89 bits per heavy atom. The lowest BCUT2D eigenvalue weighted by atomic mass is 10.1. The van der Waals surface area contributed by atoms with Crippen LogP contribution in [-0.2, 0) is 36.7 Å². The topological polar surface area (TPSA) is 249 Å². The molecule has 7 rings (SSSR count). The summed E-state index contributed by atoms with van der Waals surface area (Å²) in [6.07, 6.45) is -6.89. The van der Waals surface area contributed by atoms with E-state index < -0.39 is 76.0 Å². The molecule has 4 aromatic rings. The van der Waals surface area contributed by atoms with Crippen LogP contribution in [0.5, 0.6) is 0 Å². The van der Waals surface area contributed by atoms with Gasteiger partial charge in [-0.2, -0.15) is 0 Å². The van der Waals surface area contributed by atoms with Gasteiger partial charge < -0.3 is 26.0 Å². The Kier molecular flexibility index (Phi) is 7.61. The van der Waals surface area contributed by atoms with Gasteiger partial charge in [-0.05, 0) is 0 Å². The van der Waals surface area contributed by atoms with Crippen molar-refractivity contribution in [2.45, 2.75) is 49.1 Å². The highest BCUT2D eigenvalue weighted by molar-refractivity contribution is 8.44.